The molecule has 3 heteroatoms. The molecule has 0 spiro atoms. The Morgan fingerprint density at radius 3 is 2.53 bits per heavy atom. The zero-order valence-electron chi connectivity index (χ0n) is 10.5. The number of nitrogens with zero attached hydrogens (tertiary/aromatic N) is 1. The Hall–Kier alpha value is -1.09. The lowest BCUT2D eigenvalue weighted by molar-refractivity contribution is 0.199. The van der Waals surface area contributed by atoms with E-state index in [4.69, 9.17) is 0 Å². The van der Waals surface area contributed by atoms with Crippen LogP contribution >= 0.6 is 0 Å². The largest absolute Gasteiger partial charge is 0.389 e. The van der Waals surface area contributed by atoms with E-state index in [0.29, 0.717) is 11.3 Å². The minimum Gasteiger partial charge on any atom is -0.389 e. The van der Waals surface area contributed by atoms with Crippen LogP contribution in [-0.4, -0.2) is 18.2 Å². The monoisotopic (exact) mass is 237 g/mol. The minimum absolute atomic E-state index is 0.224. The second-order valence-corrected chi connectivity index (χ2v) is 5.06. The summed E-state index contributed by atoms with van der Waals surface area (Å²) in [7, 11) is 0. The van der Waals surface area contributed by atoms with Crippen molar-refractivity contribution in [1.29, 1.82) is 0 Å². The maximum Gasteiger partial charge on any atom is 0.146 e. The van der Waals surface area contributed by atoms with Crippen LogP contribution in [-0.2, 0) is 0 Å². The van der Waals surface area contributed by atoms with Crippen molar-refractivity contribution in [3.63, 3.8) is 0 Å². The molecule has 1 aromatic carbocycles. The average Bonchev–Trinajstić information content (AvgIpc) is 2.30. The summed E-state index contributed by atoms with van der Waals surface area (Å²) < 4.78 is 13.9. The molecule has 0 aliphatic carbocycles. The van der Waals surface area contributed by atoms with Crippen LogP contribution in [0.4, 0.5) is 10.1 Å². The van der Waals surface area contributed by atoms with Crippen LogP contribution in [0, 0.1) is 11.7 Å². The van der Waals surface area contributed by atoms with E-state index in [9.17, 15) is 9.50 Å². The Labute approximate surface area is 102 Å². The molecule has 2 rings (SSSR count). The molecule has 0 amide bonds. The zero-order chi connectivity index (χ0) is 12.4. The highest BCUT2D eigenvalue weighted by Crippen LogP contribution is 2.27. The molecule has 2 nitrogen and oxygen atoms in total. The fraction of sp³-hybridized carbons (Fsp3) is 0.571. The number of rotatable bonds is 2. The Kier molecular flexibility index (Phi) is 3.67. The van der Waals surface area contributed by atoms with Gasteiger partial charge in [-0.05, 0) is 43.4 Å². The smallest absolute Gasteiger partial charge is 0.146 e. The number of piperidine rings is 1. The molecular weight excluding hydrogens is 217 g/mol. The second kappa shape index (κ2) is 5.05. The first-order chi connectivity index (χ1) is 8.08. The number of hydrogen-bond acceptors (Lipinski definition) is 2. The summed E-state index contributed by atoms with van der Waals surface area (Å²) >= 11 is 0. The molecule has 0 saturated carbocycles. The molecule has 1 aromatic rings. The Morgan fingerprint density at radius 2 is 2.00 bits per heavy atom. The fourth-order valence-corrected chi connectivity index (χ4v) is 2.29. The van der Waals surface area contributed by atoms with Crippen molar-refractivity contribution in [1.82, 2.24) is 0 Å². The molecular formula is C14H20FNO. The third kappa shape index (κ3) is 2.78. The standard InChI is InChI=1S/C14H20FNO/c1-10-5-7-16(8-6-10)14-4-3-12(11(2)17)9-13(14)15/h3-4,9-11,17H,5-8H2,1-2H3/t11-/m0/s1. The summed E-state index contributed by atoms with van der Waals surface area (Å²) in [4.78, 5) is 2.10. The van der Waals surface area contributed by atoms with Gasteiger partial charge in [0.05, 0.1) is 11.8 Å². The van der Waals surface area contributed by atoms with Crippen molar-refractivity contribution < 1.29 is 9.50 Å². The fourth-order valence-electron chi connectivity index (χ4n) is 2.29. The summed E-state index contributed by atoms with van der Waals surface area (Å²) in [5, 5.41) is 9.40. The molecule has 1 saturated heterocycles. The number of anilines is 1. The van der Waals surface area contributed by atoms with Crippen LogP contribution in [0.3, 0.4) is 0 Å². The molecule has 0 bridgehead atoms. The molecule has 1 aliphatic heterocycles. The van der Waals surface area contributed by atoms with Gasteiger partial charge < -0.3 is 10.0 Å². The molecule has 1 fully saturated rings. The van der Waals surface area contributed by atoms with Gasteiger partial charge in [0.15, 0.2) is 0 Å². The summed E-state index contributed by atoms with van der Waals surface area (Å²) in [6.45, 7) is 5.74. The lowest BCUT2D eigenvalue weighted by Gasteiger charge is -2.32. The van der Waals surface area contributed by atoms with Crippen molar-refractivity contribution in [2.45, 2.75) is 32.8 Å². The summed E-state index contributed by atoms with van der Waals surface area (Å²) in [6, 6.07) is 5.03. The maximum atomic E-state index is 13.9. The first-order valence-corrected chi connectivity index (χ1v) is 6.30. The van der Waals surface area contributed by atoms with Crippen LogP contribution in [0.5, 0.6) is 0 Å². The first-order valence-electron chi connectivity index (χ1n) is 6.30. The average molecular weight is 237 g/mol. The molecule has 1 N–H and O–H groups in total. The topological polar surface area (TPSA) is 23.5 Å². The Morgan fingerprint density at radius 1 is 1.35 bits per heavy atom. The van der Waals surface area contributed by atoms with Gasteiger partial charge >= 0.3 is 0 Å². The number of halogens is 1. The van der Waals surface area contributed by atoms with E-state index < -0.39 is 6.10 Å². The van der Waals surface area contributed by atoms with Gasteiger partial charge in [0.1, 0.15) is 5.82 Å². The lowest BCUT2D eigenvalue weighted by Crippen LogP contribution is -2.33. The molecule has 17 heavy (non-hydrogen) atoms. The maximum absolute atomic E-state index is 13.9. The van der Waals surface area contributed by atoms with Crippen LogP contribution in [0.25, 0.3) is 0 Å². The van der Waals surface area contributed by atoms with E-state index >= 15 is 0 Å². The van der Waals surface area contributed by atoms with Crippen molar-refractivity contribution in [3.05, 3.63) is 29.6 Å². The third-order valence-electron chi connectivity index (χ3n) is 3.58. The van der Waals surface area contributed by atoms with Gasteiger partial charge in [0, 0.05) is 13.1 Å². The van der Waals surface area contributed by atoms with Crippen molar-refractivity contribution >= 4 is 5.69 Å². The highest BCUT2D eigenvalue weighted by atomic mass is 19.1. The normalized spacial score (nSPS) is 19.4. The molecule has 0 unspecified atom stereocenters. The van der Waals surface area contributed by atoms with E-state index in [1.165, 1.54) is 6.07 Å². The van der Waals surface area contributed by atoms with Gasteiger partial charge in [-0.3, -0.25) is 0 Å². The second-order valence-electron chi connectivity index (χ2n) is 5.06. The quantitative estimate of drug-likeness (QED) is 0.854. The number of hydrogen-bond donors (Lipinski definition) is 1. The van der Waals surface area contributed by atoms with E-state index in [1.807, 2.05) is 0 Å². The molecule has 0 aromatic heterocycles. The van der Waals surface area contributed by atoms with Gasteiger partial charge in [-0.2, -0.15) is 0 Å². The predicted molar refractivity (Wildman–Crippen MR) is 67.6 cm³/mol. The van der Waals surface area contributed by atoms with Crippen LogP contribution in [0.2, 0.25) is 0 Å². The summed E-state index contributed by atoms with van der Waals surface area (Å²) in [5.41, 5.74) is 1.30. The number of benzene rings is 1. The van der Waals surface area contributed by atoms with Crippen molar-refractivity contribution in [2.24, 2.45) is 5.92 Å². The predicted octanol–water partition coefficient (Wildman–Crippen LogP) is 3.12. The SMILES string of the molecule is CC1CCN(c2ccc([C@H](C)O)cc2F)CC1. The highest BCUT2D eigenvalue weighted by molar-refractivity contribution is 5.49. The van der Waals surface area contributed by atoms with Gasteiger partial charge in [0.2, 0.25) is 0 Å². The van der Waals surface area contributed by atoms with E-state index in [1.54, 1.807) is 19.1 Å². The van der Waals surface area contributed by atoms with Gasteiger partial charge in [-0.15, -0.1) is 0 Å². The third-order valence-corrected chi connectivity index (χ3v) is 3.58. The highest BCUT2D eigenvalue weighted by Gasteiger charge is 2.19. The number of aliphatic hydroxyl groups excluding tert-OH is 1. The van der Waals surface area contributed by atoms with E-state index in [2.05, 4.69) is 11.8 Å². The van der Waals surface area contributed by atoms with Gasteiger partial charge in [0.25, 0.3) is 0 Å². The van der Waals surface area contributed by atoms with Gasteiger partial charge in [-0.1, -0.05) is 13.0 Å². The minimum atomic E-state index is -0.611. The zero-order valence-corrected chi connectivity index (χ0v) is 10.5. The van der Waals surface area contributed by atoms with Crippen LogP contribution in [0.15, 0.2) is 18.2 Å². The Bertz CT molecular complexity index is 384. The first kappa shape index (κ1) is 12.4. The van der Waals surface area contributed by atoms with Crippen LogP contribution < -0.4 is 4.90 Å². The van der Waals surface area contributed by atoms with Crippen LogP contribution in [0.1, 0.15) is 38.4 Å². The van der Waals surface area contributed by atoms with Gasteiger partial charge in [-0.25, -0.2) is 4.39 Å². The number of aliphatic hydroxyl groups is 1. The summed E-state index contributed by atoms with van der Waals surface area (Å²) in [6.07, 6.45) is 1.63. The molecule has 1 heterocycles. The van der Waals surface area contributed by atoms with E-state index in [-0.39, 0.29) is 5.82 Å². The molecule has 94 valence electrons. The van der Waals surface area contributed by atoms with Crippen molar-refractivity contribution in [2.75, 3.05) is 18.0 Å². The lowest BCUT2D eigenvalue weighted by atomic mass is 9.98. The van der Waals surface area contributed by atoms with Crippen molar-refractivity contribution in [3.8, 4) is 0 Å². The molecule has 1 aliphatic rings. The summed E-state index contributed by atoms with van der Waals surface area (Å²) in [5.74, 6) is 0.518. The molecule has 0 radical (unpaired) electrons. The molecule has 1 atom stereocenters. The van der Waals surface area contributed by atoms with E-state index in [0.717, 1.165) is 31.8 Å². The Balaban J connectivity index is 2.16.